The summed E-state index contributed by atoms with van der Waals surface area (Å²) in [5.41, 5.74) is 0.743. The van der Waals surface area contributed by atoms with E-state index in [1.165, 1.54) is 12.7 Å². The van der Waals surface area contributed by atoms with Crippen molar-refractivity contribution in [3.05, 3.63) is 23.8 Å². The summed E-state index contributed by atoms with van der Waals surface area (Å²) in [5.74, 6) is 0.301. The first kappa shape index (κ1) is 11.0. The monoisotopic (exact) mass is 194 g/mol. The molecule has 0 amide bonds. The fourth-order valence-electron chi connectivity index (χ4n) is 1.65. The van der Waals surface area contributed by atoms with E-state index in [4.69, 9.17) is 4.74 Å². The Kier molecular flexibility index (Phi) is 3.14. The lowest BCUT2D eigenvalue weighted by Gasteiger charge is -2.26. The van der Waals surface area contributed by atoms with E-state index >= 15 is 0 Å². The fraction of sp³-hybridized carbons (Fsp3) is 0.583. The van der Waals surface area contributed by atoms with Gasteiger partial charge in [-0.15, -0.1) is 0 Å². The van der Waals surface area contributed by atoms with E-state index in [2.05, 4.69) is 19.9 Å². The number of carbonyl (C=O) groups is 1. The largest absolute Gasteiger partial charge is 0.468 e. The van der Waals surface area contributed by atoms with E-state index < -0.39 is 5.41 Å². The van der Waals surface area contributed by atoms with Gasteiger partial charge in [-0.05, 0) is 24.8 Å². The van der Waals surface area contributed by atoms with Gasteiger partial charge in [0.05, 0.1) is 12.5 Å². The predicted molar refractivity (Wildman–Crippen MR) is 56.8 cm³/mol. The predicted octanol–water partition coefficient (Wildman–Crippen LogP) is 2.71. The zero-order valence-electron chi connectivity index (χ0n) is 9.33. The highest BCUT2D eigenvalue weighted by Crippen LogP contribution is 2.33. The molecule has 0 saturated carbocycles. The van der Waals surface area contributed by atoms with Crippen LogP contribution in [0.5, 0.6) is 0 Å². The third-order valence-electron chi connectivity index (χ3n) is 2.66. The number of ether oxygens (including phenoxy) is 1. The van der Waals surface area contributed by atoms with Gasteiger partial charge in [-0.1, -0.05) is 32.1 Å². The Morgan fingerprint density at radius 3 is 2.71 bits per heavy atom. The quantitative estimate of drug-likeness (QED) is 0.632. The molecule has 14 heavy (non-hydrogen) atoms. The van der Waals surface area contributed by atoms with Crippen LogP contribution in [0.2, 0.25) is 0 Å². The van der Waals surface area contributed by atoms with Gasteiger partial charge in [0.1, 0.15) is 0 Å². The molecular formula is C12H18O2. The standard InChI is InChI=1S/C12H18O2/c1-9(2)10-6-5-7-12(3,8-10)11(13)14-4/h5-6,8-9H,7H2,1-4H3. The number of allylic oxidation sites excluding steroid dienone is 3. The molecule has 0 bridgehead atoms. The summed E-state index contributed by atoms with van der Waals surface area (Å²) in [6.45, 7) is 6.17. The van der Waals surface area contributed by atoms with Crippen molar-refractivity contribution in [1.29, 1.82) is 0 Å². The first-order valence-electron chi connectivity index (χ1n) is 4.97. The van der Waals surface area contributed by atoms with Crippen LogP contribution in [0, 0.1) is 11.3 Å². The van der Waals surface area contributed by atoms with Crippen LogP contribution in [-0.4, -0.2) is 13.1 Å². The van der Waals surface area contributed by atoms with Crippen LogP contribution >= 0.6 is 0 Å². The van der Waals surface area contributed by atoms with E-state index in [1.807, 2.05) is 19.1 Å². The molecule has 0 aromatic rings. The lowest BCUT2D eigenvalue weighted by molar-refractivity contribution is -0.148. The Hall–Kier alpha value is -1.05. The molecule has 0 spiro atoms. The Morgan fingerprint density at radius 2 is 2.21 bits per heavy atom. The summed E-state index contributed by atoms with van der Waals surface area (Å²) in [6.07, 6.45) is 6.90. The van der Waals surface area contributed by atoms with Crippen LogP contribution in [0.25, 0.3) is 0 Å². The smallest absolute Gasteiger partial charge is 0.315 e. The van der Waals surface area contributed by atoms with Crippen molar-refractivity contribution in [2.75, 3.05) is 7.11 Å². The number of carbonyl (C=O) groups excluding carboxylic acids is 1. The lowest BCUT2D eigenvalue weighted by Crippen LogP contribution is -2.28. The van der Waals surface area contributed by atoms with Crippen LogP contribution in [-0.2, 0) is 9.53 Å². The number of hydrogen-bond donors (Lipinski definition) is 0. The highest BCUT2D eigenvalue weighted by Gasteiger charge is 2.33. The topological polar surface area (TPSA) is 26.3 Å². The molecule has 0 heterocycles. The van der Waals surface area contributed by atoms with E-state index in [1.54, 1.807) is 0 Å². The first-order valence-corrected chi connectivity index (χ1v) is 4.97. The van der Waals surface area contributed by atoms with Gasteiger partial charge in [0.2, 0.25) is 0 Å². The number of methoxy groups -OCH3 is 1. The van der Waals surface area contributed by atoms with Gasteiger partial charge >= 0.3 is 5.97 Å². The zero-order valence-corrected chi connectivity index (χ0v) is 9.33. The van der Waals surface area contributed by atoms with Gasteiger partial charge in [0.15, 0.2) is 0 Å². The van der Waals surface area contributed by atoms with Crippen molar-refractivity contribution in [2.45, 2.75) is 27.2 Å². The fourth-order valence-corrected chi connectivity index (χ4v) is 1.65. The molecule has 1 aliphatic carbocycles. The van der Waals surface area contributed by atoms with Crippen LogP contribution in [0.3, 0.4) is 0 Å². The minimum absolute atomic E-state index is 0.153. The van der Waals surface area contributed by atoms with Gasteiger partial charge in [-0.2, -0.15) is 0 Å². The summed E-state index contributed by atoms with van der Waals surface area (Å²) in [4.78, 5) is 11.6. The molecule has 0 aliphatic heterocycles. The second-order valence-electron chi connectivity index (χ2n) is 4.31. The van der Waals surface area contributed by atoms with Crippen molar-refractivity contribution < 1.29 is 9.53 Å². The van der Waals surface area contributed by atoms with Crippen molar-refractivity contribution in [3.8, 4) is 0 Å². The maximum absolute atomic E-state index is 11.6. The Balaban J connectivity index is 2.94. The molecule has 0 aromatic carbocycles. The Bertz CT molecular complexity index is 287. The van der Waals surface area contributed by atoms with Crippen LogP contribution < -0.4 is 0 Å². The van der Waals surface area contributed by atoms with Gasteiger partial charge in [0, 0.05) is 0 Å². The number of rotatable bonds is 2. The third-order valence-corrected chi connectivity index (χ3v) is 2.66. The second kappa shape index (κ2) is 3.99. The minimum Gasteiger partial charge on any atom is -0.468 e. The lowest BCUT2D eigenvalue weighted by atomic mass is 9.79. The molecule has 2 nitrogen and oxygen atoms in total. The molecule has 1 unspecified atom stereocenters. The van der Waals surface area contributed by atoms with Crippen molar-refractivity contribution in [2.24, 2.45) is 11.3 Å². The minimum atomic E-state index is -0.469. The maximum Gasteiger partial charge on any atom is 0.315 e. The SMILES string of the molecule is COC(=O)C1(C)C=C(C(C)C)C=CC1. The van der Waals surface area contributed by atoms with E-state index in [0.717, 1.165) is 6.42 Å². The normalized spacial score (nSPS) is 26.2. The number of hydrogen-bond acceptors (Lipinski definition) is 2. The van der Waals surface area contributed by atoms with Gasteiger partial charge in [0.25, 0.3) is 0 Å². The first-order chi connectivity index (χ1) is 6.49. The van der Waals surface area contributed by atoms with Gasteiger partial charge < -0.3 is 4.74 Å². The molecule has 1 rings (SSSR count). The molecule has 0 fully saturated rings. The molecule has 2 heteroatoms. The van der Waals surface area contributed by atoms with E-state index in [0.29, 0.717) is 5.92 Å². The summed E-state index contributed by atoms with van der Waals surface area (Å²) < 4.78 is 4.80. The summed E-state index contributed by atoms with van der Waals surface area (Å²) >= 11 is 0. The van der Waals surface area contributed by atoms with Crippen LogP contribution in [0.15, 0.2) is 23.8 Å². The highest BCUT2D eigenvalue weighted by molar-refractivity contribution is 5.79. The number of esters is 1. The van der Waals surface area contributed by atoms with Crippen molar-refractivity contribution >= 4 is 5.97 Å². The molecule has 0 N–H and O–H groups in total. The average molecular weight is 194 g/mol. The van der Waals surface area contributed by atoms with Crippen LogP contribution in [0.1, 0.15) is 27.2 Å². The zero-order chi connectivity index (χ0) is 10.8. The highest BCUT2D eigenvalue weighted by atomic mass is 16.5. The summed E-state index contributed by atoms with van der Waals surface area (Å²) in [5, 5.41) is 0. The molecule has 0 saturated heterocycles. The summed E-state index contributed by atoms with van der Waals surface area (Å²) in [7, 11) is 1.44. The van der Waals surface area contributed by atoms with E-state index in [9.17, 15) is 4.79 Å². The summed E-state index contributed by atoms with van der Waals surface area (Å²) in [6, 6.07) is 0. The van der Waals surface area contributed by atoms with E-state index in [-0.39, 0.29) is 5.97 Å². The molecular weight excluding hydrogens is 176 g/mol. The molecule has 1 atom stereocenters. The Morgan fingerprint density at radius 1 is 1.57 bits per heavy atom. The maximum atomic E-state index is 11.6. The van der Waals surface area contributed by atoms with Gasteiger partial charge in [-0.3, -0.25) is 4.79 Å². The Labute approximate surface area is 85.6 Å². The average Bonchev–Trinajstić information content (AvgIpc) is 2.16. The van der Waals surface area contributed by atoms with Crippen molar-refractivity contribution in [1.82, 2.24) is 0 Å². The molecule has 0 aromatic heterocycles. The van der Waals surface area contributed by atoms with Gasteiger partial charge in [-0.25, -0.2) is 0 Å². The molecule has 78 valence electrons. The van der Waals surface area contributed by atoms with Crippen LogP contribution in [0.4, 0.5) is 0 Å². The second-order valence-corrected chi connectivity index (χ2v) is 4.31. The molecule has 0 radical (unpaired) electrons. The third kappa shape index (κ3) is 2.06. The van der Waals surface area contributed by atoms with Crippen molar-refractivity contribution in [3.63, 3.8) is 0 Å². The molecule has 1 aliphatic rings.